The number of rotatable bonds is 64. The summed E-state index contributed by atoms with van der Waals surface area (Å²) in [6.45, 7) is 6.51. The first-order chi connectivity index (χ1) is 40.5. The molecule has 0 aliphatic rings. The van der Waals surface area contributed by atoms with Gasteiger partial charge in [-0.2, -0.15) is 0 Å². The van der Waals surface area contributed by atoms with Crippen LogP contribution in [0.4, 0.5) is 0 Å². The maximum absolute atomic E-state index is 12.9. The molecule has 0 aromatic rings. The van der Waals surface area contributed by atoms with E-state index in [0.29, 0.717) is 19.3 Å². The van der Waals surface area contributed by atoms with Crippen LogP contribution in [0.5, 0.6) is 0 Å². The molecule has 0 radical (unpaired) electrons. The number of hydrogen-bond acceptors (Lipinski definition) is 6. The number of carbonyl (C=O) groups is 3. The van der Waals surface area contributed by atoms with Gasteiger partial charge in [0.05, 0.1) is 0 Å². The first-order valence-electron chi connectivity index (χ1n) is 35.2. The Balaban J connectivity index is 4.18. The molecule has 0 aliphatic carbocycles. The van der Waals surface area contributed by atoms with E-state index in [4.69, 9.17) is 14.2 Å². The predicted molar refractivity (Wildman–Crippen MR) is 357 cm³/mol. The molecule has 0 saturated carbocycles. The summed E-state index contributed by atoms with van der Waals surface area (Å²) in [7, 11) is 0. The smallest absolute Gasteiger partial charge is 0.306 e. The van der Waals surface area contributed by atoms with Gasteiger partial charge in [-0.3, -0.25) is 14.4 Å². The molecule has 0 bridgehead atoms. The SMILES string of the molecule is CC/C=C\C/C=C\C/C=C\C/C=C\CCCCCCCCC(=O)OC(COC(=O)CCCCCCC/C=C\CCCCC)COC(=O)CCCCCCCCCCCCCCCCCCCC/C=C\C/C=C\C/C=C\CCCCCCC. The number of ether oxygens (including phenoxy) is 3. The van der Waals surface area contributed by atoms with Gasteiger partial charge in [-0.25, -0.2) is 0 Å². The lowest BCUT2D eigenvalue weighted by Crippen LogP contribution is -2.30. The molecule has 0 aliphatic heterocycles. The van der Waals surface area contributed by atoms with E-state index in [1.807, 2.05) is 0 Å². The fraction of sp³-hybridized carbons (Fsp3) is 0.750. The summed E-state index contributed by atoms with van der Waals surface area (Å²) in [4.78, 5) is 38.4. The number of hydrogen-bond donors (Lipinski definition) is 0. The molecule has 0 amide bonds. The highest BCUT2D eigenvalue weighted by Gasteiger charge is 2.19. The van der Waals surface area contributed by atoms with Gasteiger partial charge < -0.3 is 14.2 Å². The van der Waals surface area contributed by atoms with Crippen molar-refractivity contribution in [3.63, 3.8) is 0 Å². The highest BCUT2D eigenvalue weighted by atomic mass is 16.6. The second-order valence-corrected chi connectivity index (χ2v) is 23.4. The van der Waals surface area contributed by atoms with E-state index in [-0.39, 0.29) is 31.1 Å². The second kappa shape index (κ2) is 69.8. The molecule has 0 heterocycles. The minimum Gasteiger partial charge on any atom is -0.462 e. The van der Waals surface area contributed by atoms with Gasteiger partial charge in [0.1, 0.15) is 13.2 Å². The number of allylic oxidation sites excluding steroid dienone is 16. The van der Waals surface area contributed by atoms with Crippen LogP contribution in [-0.2, 0) is 28.6 Å². The van der Waals surface area contributed by atoms with Crippen molar-refractivity contribution in [2.24, 2.45) is 0 Å². The summed E-state index contributed by atoms with van der Waals surface area (Å²) in [5.74, 6) is -0.894. The van der Waals surface area contributed by atoms with Crippen molar-refractivity contribution >= 4 is 17.9 Å². The van der Waals surface area contributed by atoms with E-state index in [1.165, 1.54) is 193 Å². The lowest BCUT2D eigenvalue weighted by molar-refractivity contribution is -0.167. The number of unbranched alkanes of at least 4 members (excludes halogenated alkanes) is 37. The summed E-state index contributed by atoms with van der Waals surface area (Å²) in [5.41, 5.74) is 0. The van der Waals surface area contributed by atoms with E-state index in [9.17, 15) is 14.4 Å². The van der Waals surface area contributed by atoms with Gasteiger partial charge in [0.25, 0.3) is 0 Å². The summed E-state index contributed by atoms with van der Waals surface area (Å²) >= 11 is 0. The van der Waals surface area contributed by atoms with Crippen molar-refractivity contribution in [3.05, 3.63) is 97.2 Å². The molecule has 0 saturated heterocycles. The van der Waals surface area contributed by atoms with Crippen molar-refractivity contribution in [1.29, 1.82) is 0 Å². The summed E-state index contributed by atoms with van der Waals surface area (Å²) in [6.07, 6.45) is 94.4. The zero-order valence-electron chi connectivity index (χ0n) is 54.2. The van der Waals surface area contributed by atoms with E-state index in [2.05, 4.69) is 118 Å². The maximum atomic E-state index is 12.9. The zero-order chi connectivity index (χ0) is 59.2. The van der Waals surface area contributed by atoms with Crippen LogP contribution in [0, 0.1) is 0 Å². The Morgan fingerprint density at radius 2 is 0.476 bits per heavy atom. The molecule has 6 heteroatoms. The van der Waals surface area contributed by atoms with Crippen molar-refractivity contribution in [2.75, 3.05) is 13.2 Å². The average Bonchev–Trinajstić information content (AvgIpc) is 3.47. The van der Waals surface area contributed by atoms with E-state index < -0.39 is 6.10 Å². The van der Waals surface area contributed by atoms with Gasteiger partial charge in [-0.05, 0) is 122 Å². The van der Waals surface area contributed by atoms with Crippen LogP contribution < -0.4 is 0 Å². The Morgan fingerprint density at radius 1 is 0.256 bits per heavy atom. The quantitative estimate of drug-likeness (QED) is 0.0261. The molecule has 1 unspecified atom stereocenters. The minimum absolute atomic E-state index is 0.0836. The van der Waals surface area contributed by atoms with E-state index in [1.54, 1.807) is 0 Å². The largest absolute Gasteiger partial charge is 0.462 e. The van der Waals surface area contributed by atoms with E-state index in [0.717, 1.165) is 116 Å². The molecule has 472 valence electrons. The van der Waals surface area contributed by atoms with Crippen molar-refractivity contribution < 1.29 is 28.6 Å². The summed E-state index contributed by atoms with van der Waals surface area (Å²) in [5, 5.41) is 0. The Bertz CT molecular complexity index is 1590. The third-order valence-corrected chi connectivity index (χ3v) is 15.3. The molecule has 0 aromatic heterocycles. The zero-order valence-corrected chi connectivity index (χ0v) is 54.2. The monoisotopic (exact) mass is 1140 g/mol. The second-order valence-electron chi connectivity index (χ2n) is 23.4. The van der Waals surface area contributed by atoms with E-state index >= 15 is 0 Å². The van der Waals surface area contributed by atoms with Crippen LogP contribution in [0.1, 0.15) is 348 Å². The van der Waals surface area contributed by atoms with Gasteiger partial charge in [0.15, 0.2) is 6.10 Å². The maximum Gasteiger partial charge on any atom is 0.306 e. The lowest BCUT2D eigenvalue weighted by Gasteiger charge is -2.18. The van der Waals surface area contributed by atoms with Crippen molar-refractivity contribution in [3.8, 4) is 0 Å². The van der Waals surface area contributed by atoms with Crippen molar-refractivity contribution in [2.45, 2.75) is 354 Å². The first-order valence-corrected chi connectivity index (χ1v) is 35.2. The van der Waals surface area contributed by atoms with Gasteiger partial charge in [-0.1, -0.05) is 304 Å². The van der Waals surface area contributed by atoms with Crippen LogP contribution >= 0.6 is 0 Å². The van der Waals surface area contributed by atoms with Gasteiger partial charge in [0.2, 0.25) is 0 Å². The topological polar surface area (TPSA) is 78.9 Å². The summed E-state index contributed by atoms with van der Waals surface area (Å²) < 4.78 is 16.9. The van der Waals surface area contributed by atoms with Crippen LogP contribution in [0.3, 0.4) is 0 Å². The van der Waals surface area contributed by atoms with Crippen LogP contribution in [0.15, 0.2) is 97.2 Å². The number of carbonyl (C=O) groups excluding carboxylic acids is 3. The molecular formula is C76H132O6. The molecule has 0 spiro atoms. The molecule has 1 atom stereocenters. The molecule has 6 nitrogen and oxygen atoms in total. The molecule has 0 N–H and O–H groups in total. The molecule has 0 rings (SSSR count). The van der Waals surface area contributed by atoms with Gasteiger partial charge in [-0.15, -0.1) is 0 Å². The summed E-state index contributed by atoms with van der Waals surface area (Å²) in [6, 6.07) is 0. The Morgan fingerprint density at radius 3 is 0.780 bits per heavy atom. The van der Waals surface area contributed by atoms with Crippen molar-refractivity contribution in [1.82, 2.24) is 0 Å². The van der Waals surface area contributed by atoms with Crippen LogP contribution in [0.25, 0.3) is 0 Å². The normalized spacial score (nSPS) is 12.7. The van der Waals surface area contributed by atoms with Crippen LogP contribution in [-0.4, -0.2) is 37.2 Å². The molecule has 82 heavy (non-hydrogen) atoms. The third kappa shape index (κ3) is 67.1. The number of esters is 3. The van der Waals surface area contributed by atoms with Crippen LogP contribution in [0.2, 0.25) is 0 Å². The molecular weight excluding hydrogens is 1010 g/mol. The fourth-order valence-electron chi connectivity index (χ4n) is 10.0. The van der Waals surface area contributed by atoms with Gasteiger partial charge >= 0.3 is 17.9 Å². The highest BCUT2D eigenvalue weighted by Crippen LogP contribution is 2.17. The Kier molecular flexibility index (Phi) is 66.7. The third-order valence-electron chi connectivity index (χ3n) is 15.3. The molecule has 0 fully saturated rings. The lowest BCUT2D eigenvalue weighted by atomic mass is 10.0. The fourth-order valence-corrected chi connectivity index (χ4v) is 10.0. The minimum atomic E-state index is -0.789. The first kappa shape index (κ1) is 78.3. The standard InChI is InChI=1S/C76H132O6/c1-4-7-10-13-16-19-22-25-27-29-31-32-33-34-35-36-37-38-39-40-41-42-43-44-46-47-49-51-54-57-60-63-66-69-75(78)81-72-73(71-80-74(77)68-65-62-59-56-53-24-21-18-15-12-9-6-3)82-76(79)70-67-64-61-58-55-52-50-48-45-30-28-26-23-20-17-14-11-8-5-2/h8,11,17-18,20-22,25-26,28-29,31,33-34,45,48,73H,4-7,9-10,12-16,19,23-24,27,30,32,35-44,46-47,49-72H2,1-3H3/b11-8-,20-17-,21-18-,25-22-,28-26-,31-29-,34-33-,48-45-. The predicted octanol–water partition coefficient (Wildman–Crippen LogP) is 24.4. The molecule has 0 aromatic carbocycles. The van der Waals surface area contributed by atoms with Gasteiger partial charge in [0, 0.05) is 19.3 Å². The average molecular weight is 1140 g/mol. The highest BCUT2D eigenvalue weighted by molar-refractivity contribution is 5.71. The Labute approximate surface area is 508 Å². The Hall–Kier alpha value is -3.67.